The average Bonchev–Trinajstić information content (AvgIpc) is 3.67. The minimum absolute atomic E-state index is 0.0442. The van der Waals surface area contributed by atoms with Gasteiger partial charge in [-0.15, -0.1) is 0 Å². The Hall–Kier alpha value is -1.43. The van der Waals surface area contributed by atoms with Crippen LogP contribution in [0.1, 0.15) is 32.1 Å². The van der Waals surface area contributed by atoms with Crippen LogP contribution in [0, 0.1) is 5.82 Å². The fourth-order valence-corrected chi connectivity index (χ4v) is 4.33. The second kappa shape index (κ2) is 16.3. The van der Waals surface area contributed by atoms with E-state index in [9.17, 15) is 13.4 Å². The minimum Gasteiger partial charge on any atom is -0.394 e. The lowest BCUT2D eigenvalue weighted by molar-refractivity contribution is -0.120. The van der Waals surface area contributed by atoms with Gasteiger partial charge in [0.05, 0.1) is 48.9 Å². The molecule has 3 fully saturated rings. The molecule has 1 aromatic carbocycles. The number of aliphatic hydroxyl groups is 1. The second-order valence-corrected chi connectivity index (χ2v) is 9.89. The van der Waals surface area contributed by atoms with E-state index in [0.29, 0.717) is 56.4 Å². The van der Waals surface area contributed by atoms with Crippen LogP contribution in [0.4, 0.5) is 4.39 Å². The van der Waals surface area contributed by atoms with Crippen LogP contribution in [0.5, 0.6) is 0 Å². The molecule has 0 spiro atoms. The van der Waals surface area contributed by atoms with E-state index in [1.165, 1.54) is 31.4 Å². The number of methoxy groups -OCH3 is 1. The monoisotopic (exact) mass is 519 g/mol. The fraction of sp³-hybridized carbons (Fsp3) is 0.652. The SMILES string of the molecule is COC1CC1.O=CN(CC=NCCO)C1CCC1.O=S(c1ccc(Cl)c(F)c1)N1CCOCC1. The third-order valence-corrected chi connectivity index (χ3v) is 7.28. The molecule has 192 valence electrons. The zero-order chi connectivity index (χ0) is 24.8. The largest absolute Gasteiger partial charge is 0.394 e. The lowest BCUT2D eigenvalue weighted by atomic mass is 9.92. The van der Waals surface area contributed by atoms with Crippen molar-refractivity contribution < 1.29 is 28.0 Å². The number of hydrogen-bond acceptors (Lipinski definition) is 6. The van der Waals surface area contributed by atoms with Gasteiger partial charge in [-0.2, -0.15) is 0 Å². The molecule has 1 aliphatic heterocycles. The molecular weight excluding hydrogens is 485 g/mol. The highest BCUT2D eigenvalue weighted by molar-refractivity contribution is 7.82. The molecule has 0 aromatic heterocycles. The maximum Gasteiger partial charge on any atom is 0.210 e. The molecule has 2 saturated carbocycles. The van der Waals surface area contributed by atoms with Gasteiger partial charge < -0.3 is 19.5 Å². The van der Waals surface area contributed by atoms with Crippen molar-refractivity contribution in [2.24, 2.45) is 4.99 Å². The van der Waals surface area contributed by atoms with Gasteiger partial charge in [0.1, 0.15) is 16.8 Å². The van der Waals surface area contributed by atoms with Crippen LogP contribution in [-0.2, 0) is 25.3 Å². The highest BCUT2D eigenvalue weighted by Crippen LogP contribution is 2.23. The first-order valence-electron chi connectivity index (χ1n) is 11.5. The van der Waals surface area contributed by atoms with Crippen LogP contribution in [0.15, 0.2) is 28.1 Å². The molecule has 1 unspecified atom stereocenters. The van der Waals surface area contributed by atoms with Crippen LogP contribution in [0.2, 0.25) is 5.02 Å². The molecule has 0 bridgehead atoms. The number of amides is 1. The van der Waals surface area contributed by atoms with Gasteiger partial charge in [0.25, 0.3) is 0 Å². The van der Waals surface area contributed by atoms with Crippen molar-refractivity contribution in [2.75, 3.05) is 53.1 Å². The van der Waals surface area contributed by atoms with Crippen molar-refractivity contribution in [1.82, 2.24) is 9.21 Å². The van der Waals surface area contributed by atoms with Crippen LogP contribution < -0.4 is 0 Å². The Morgan fingerprint density at radius 1 is 1.32 bits per heavy atom. The Balaban J connectivity index is 0.000000203. The van der Waals surface area contributed by atoms with Gasteiger partial charge in [0, 0.05) is 32.5 Å². The standard InChI is InChI=1S/C10H11ClFNO2S.C9H16N2O2.C4H8O/c11-9-2-1-8(7-10(9)12)16(14)13-3-5-15-6-4-13;12-7-5-10-4-6-11(8-13)9-2-1-3-9;1-5-4-2-3-4/h1-2,7H,3-6H2;4,8-9,12H,1-3,5-7H2;4H,2-3H2,1H3. The zero-order valence-electron chi connectivity index (χ0n) is 19.6. The lowest BCUT2D eigenvalue weighted by Gasteiger charge is -2.33. The summed E-state index contributed by atoms with van der Waals surface area (Å²) in [6, 6.07) is 4.65. The van der Waals surface area contributed by atoms with E-state index in [2.05, 4.69) is 4.99 Å². The summed E-state index contributed by atoms with van der Waals surface area (Å²) in [5, 5.41) is 8.50. The highest BCUT2D eigenvalue weighted by atomic mass is 35.5. The number of aliphatic hydroxyl groups excluding tert-OH is 1. The van der Waals surface area contributed by atoms with E-state index in [-0.39, 0.29) is 11.6 Å². The Bertz CT molecular complexity index is 790. The molecule has 1 atom stereocenters. The number of carbonyl (C=O) groups is 1. The van der Waals surface area contributed by atoms with E-state index >= 15 is 0 Å². The van der Waals surface area contributed by atoms with Gasteiger partial charge in [0.15, 0.2) is 0 Å². The zero-order valence-corrected chi connectivity index (χ0v) is 21.2. The number of benzene rings is 1. The quantitative estimate of drug-likeness (QED) is 0.400. The lowest BCUT2D eigenvalue weighted by Crippen LogP contribution is -2.40. The molecule has 1 heterocycles. The molecule has 1 aromatic rings. The molecule has 11 heteroatoms. The molecule has 1 N–H and O–H groups in total. The van der Waals surface area contributed by atoms with Gasteiger partial charge >= 0.3 is 0 Å². The van der Waals surface area contributed by atoms with Gasteiger partial charge in [-0.25, -0.2) is 12.9 Å². The second-order valence-electron chi connectivity index (χ2n) is 8.00. The summed E-state index contributed by atoms with van der Waals surface area (Å²) in [4.78, 5) is 16.8. The van der Waals surface area contributed by atoms with Gasteiger partial charge in [-0.1, -0.05) is 11.6 Å². The highest BCUT2D eigenvalue weighted by Gasteiger charge is 2.22. The van der Waals surface area contributed by atoms with E-state index in [0.717, 1.165) is 19.3 Å². The number of rotatable bonds is 9. The summed E-state index contributed by atoms with van der Waals surface area (Å²) in [6.07, 6.45) is 9.25. The summed E-state index contributed by atoms with van der Waals surface area (Å²) in [7, 11) is 0.428. The van der Waals surface area contributed by atoms with E-state index < -0.39 is 16.8 Å². The molecule has 1 amide bonds. The average molecular weight is 520 g/mol. The third-order valence-electron chi connectivity index (χ3n) is 5.48. The predicted octanol–water partition coefficient (Wildman–Crippen LogP) is 2.69. The maximum absolute atomic E-state index is 13.2. The Kier molecular flexibility index (Phi) is 13.8. The molecule has 1 saturated heterocycles. The summed E-state index contributed by atoms with van der Waals surface area (Å²) < 4.78 is 37.0. The molecule has 34 heavy (non-hydrogen) atoms. The van der Waals surface area contributed by atoms with Crippen molar-refractivity contribution >= 4 is 35.2 Å². The van der Waals surface area contributed by atoms with Crippen molar-refractivity contribution in [3.63, 3.8) is 0 Å². The van der Waals surface area contributed by atoms with E-state index in [1.54, 1.807) is 28.6 Å². The predicted molar refractivity (Wildman–Crippen MR) is 131 cm³/mol. The topological polar surface area (TPSA) is 91.7 Å². The Morgan fingerprint density at radius 2 is 2.03 bits per heavy atom. The molecule has 3 aliphatic rings. The first-order valence-corrected chi connectivity index (χ1v) is 13.0. The first kappa shape index (κ1) is 28.8. The number of hydrogen-bond donors (Lipinski definition) is 1. The van der Waals surface area contributed by atoms with Crippen molar-refractivity contribution in [1.29, 1.82) is 0 Å². The number of ether oxygens (including phenoxy) is 2. The molecular formula is C23H35ClFN3O5S. The van der Waals surface area contributed by atoms with E-state index in [1.807, 2.05) is 0 Å². The van der Waals surface area contributed by atoms with Crippen molar-refractivity contribution in [3.05, 3.63) is 29.0 Å². The van der Waals surface area contributed by atoms with Crippen LogP contribution in [0.3, 0.4) is 0 Å². The summed E-state index contributed by atoms with van der Waals surface area (Å²) >= 11 is 5.56. The smallest absolute Gasteiger partial charge is 0.210 e. The maximum atomic E-state index is 13.2. The molecule has 2 aliphatic carbocycles. The third kappa shape index (κ3) is 10.5. The van der Waals surface area contributed by atoms with Gasteiger partial charge in [-0.05, 0) is 50.3 Å². The van der Waals surface area contributed by atoms with Gasteiger partial charge in [0.2, 0.25) is 6.41 Å². The number of nitrogens with zero attached hydrogens (tertiary/aromatic N) is 3. The van der Waals surface area contributed by atoms with Crippen molar-refractivity contribution in [3.8, 4) is 0 Å². The minimum atomic E-state index is -1.33. The number of halogens is 2. The van der Waals surface area contributed by atoms with Crippen LogP contribution >= 0.6 is 11.6 Å². The van der Waals surface area contributed by atoms with Gasteiger partial charge in [-0.3, -0.25) is 9.79 Å². The normalized spacial score (nSPS) is 19.3. The summed E-state index contributed by atoms with van der Waals surface area (Å²) in [6.45, 7) is 3.38. The van der Waals surface area contributed by atoms with Crippen LogP contribution in [0.25, 0.3) is 0 Å². The Labute approximate surface area is 208 Å². The molecule has 4 rings (SSSR count). The number of aliphatic imine (C=N–C) groups is 1. The Morgan fingerprint density at radius 3 is 2.50 bits per heavy atom. The van der Waals surface area contributed by atoms with Crippen LogP contribution in [-0.4, -0.2) is 96.4 Å². The molecule has 8 nitrogen and oxygen atoms in total. The summed E-state index contributed by atoms with van der Waals surface area (Å²) in [5.41, 5.74) is 0. The van der Waals surface area contributed by atoms with E-state index in [4.69, 9.17) is 26.2 Å². The fourth-order valence-electron chi connectivity index (χ4n) is 3.05. The number of carbonyl (C=O) groups excluding carboxylic acids is 1. The summed E-state index contributed by atoms with van der Waals surface area (Å²) in [5.74, 6) is -0.541. The van der Waals surface area contributed by atoms with Crippen molar-refractivity contribution in [2.45, 2.75) is 49.1 Å². The molecule has 0 radical (unpaired) electrons. The first-order chi connectivity index (χ1) is 16.5. The number of morpholine rings is 1.